The first-order valence-electron chi connectivity index (χ1n) is 10.8. The maximum atomic E-state index is 12.5. The summed E-state index contributed by atoms with van der Waals surface area (Å²) < 4.78 is 0. The van der Waals surface area contributed by atoms with Crippen LogP contribution in [0.2, 0.25) is 0 Å². The number of hydrogen-bond donors (Lipinski definition) is 2. The van der Waals surface area contributed by atoms with E-state index < -0.39 is 0 Å². The Morgan fingerprint density at radius 1 is 1.00 bits per heavy atom. The van der Waals surface area contributed by atoms with E-state index in [0.717, 1.165) is 26.1 Å². The molecule has 0 bridgehead atoms. The quantitative estimate of drug-likeness (QED) is 0.408. The number of aliphatic imine (C=N–C) groups is 1. The number of likely N-dealkylation sites (tertiary alicyclic amines) is 1. The molecule has 0 saturated carbocycles. The summed E-state index contributed by atoms with van der Waals surface area (Å²) in [6.07, 6.45) is 2.36. The van der Waals surface area contributed by atoms with Crippen molar-refractivity contribution in [3.63, 3.8) is 0 Å². The highest BCUT2D eigenvalue weighted by Gasteiger charge is 2.34. The molecule has 2 N–H and O–H groups in total. The van der Waals surface area contributed by atoms with Gasteiger partial charge < -0.3 is 10.6 Å². The molecule has 2 aromatic rings. The normalized spacial score (nSPS) is 19.1. The van der Waals surface area contributed by atoms with Crippen LogP contribution < -0.4 is 10.6 Å². The lowest BCUT2D eigenvalue weighted by Gasteiger charge is -2.25. The fourth-order valence-electron chi connectivity index (χ4n) is 4.32. The average molecular weight is 420 g/mol. The third-order valence-electron chi connectivity index (χ3n) is 5.96. The monoisotopic (exact) mass is 419 g/mol. The minimum absolute atomic E-state index is 0.229. The van der Waals surface area contributed by atoms with Gasteiger partial charge in [-0.25, -0.2) is 0 Å². The van der Waals surface area contributed by atoms with Crippen molar-refractivity contribution in [2.45, 2.75) is 25.4 Å². The molecule has 1 atom stereocenters. The molecule has 2 amide bonds. The van der Waals surface area contributed by atoms with E-state index in [2.05, 4.69) is 44.8 Å². The van der Waals surface area contributed by atoms with Gasteiger partial charge in [-0.15, -0.1) is 0 Å². The molecule has 0 aromatic heterocycles. The predicted molar refractivity (Wildman–Crippen MR) is 121 cm³/mol. The number of benzene rings is 2. The summed E-state index contributed by atoms with van der Waals surface area (Å²) in [4.78, 5) is 33.0. The Labute approximate surface area is 183 Å². The molecule has 2 heterocycles. The summed E-state index contributed by atoms with van der Waals surface area (Å²) in [5, 5.41) is 6.63. The molecule has 0 aliphatic carbocycles. The number of imide groups is 1. The summed E-state index contributed by atoms with van der Waals surface area (Å²) in [6.45, 7) is 3.62. The Kier molecular flexibility index (Phi) is 6.62. The van der Waals surface area contributed by atoms with Crippen molar-refractivity contribution in [1.29, 1.82) is 0 Å². The van der Waals surface area contributed by atoms with Crippen molar-refractivity contribution >= 4 is 17.8 Å². The van der Waals surface area contributed by atoms with Crippen molar-refractivity contribution in [1.82, 2.24) is 20.4 Å². The van der Waals surface area contributed by atoms with E-state index in [0.29, 0.717) is 36.2 Å². The van der Waals surface area contributed by atoms with Crippen LogP contribution in [0.5, 0.6) is 0 Å². The van der Waals surface area contributed by atoms with Gasteiger partial charge >= 0.3 is 0 Å². The zero-order valence-electron chi connectivity index (χ0n) is 17.9. The second kappa shape index (κ2) is 9.75. The van der Waals surface area contributed by atoms with Gasteiger partial charge in [-0.2, -0.15) is 0 Å². The first-order valence-corrected chi connectivity index (χ1v) is 10.8. The van der Waals surface area contributed by atoms with Crippen molar-refractivity contribution < 1.29 is 9.59 Å². The molecule has 2 aliphatic rings. The lowest BCUT2D eigenvalue weighted by molar-refractivity contribution is 0.0657. The van der Waals surface area contributed by atoms with Gasteiger partial charge in [-0.3, -0.25) is 24.4 Å². The Hall–Kier alpha value is -3.19. The van der Waals surface area contributed by atoms with Gasteiger partial charge in [-0.1, -0.05) is 42.5 Å². The molecule has 7 heteroatoms. The molecule has 4 rings (SSSR count). The van der Waals surface area contributed by atoms with Crippen molar-refractivity contribution in [2.24, 2.45) is 4.99 Å². The topological polar surface area (TPSA) is 77.0 Å². The van der Waals surface area contributed by atoms with Crippen LogP contribution in [-0.4, -0.2) is 66.8 Å². The smallest absolute Gasteiger partial charge is 0.261 e. The minimum Gasteiger partial charge on any atom is -0.355 e. The molecular formula is C24H29N5O2. The van der Waals surface area contributed by atoms with Gasteiger partial charge in [0.2, 0.25) is 0 Å². The molecule has 1 fully saturated rings. The summed E-state index contributed by atoms with van der Waals surface area (Å²) in [5.74, 6) is 0.226. The number of amides is 2. The molecule has 0 radical (unpaired) electrons. The molecule has 1 saturated heterocycles. The van der Waals surface area contributed by atoms with Gasteiger partial charge in [0, 0.05) is 39.3 Å². The van der Waals surface area contributed by atoms with Crippen molar-refractivity contribution in [3.05, 3.63) is 71.3 Å². The fourth-order valence-corrected chi connectivity index (χ4v) is 4.32. The maximum Gasteiger partial charge on any atom is 0.261 e. The SMILES string of the molecule is CN=C(NCCN1C(=O)c2ccccc2C1=O)NCC1CCCN1Cc1ccccc1. The van der Waals surface area contributed by atoms with E-state index in [1.54, 1.807) is 31.3 Å². The Bertz CT molecular complexity index is 924. The van der Waals surface area contributed by atoms with Crippen LogP contribution in [0.25, 0.3) is 0 Å². The highest BCUT2D eigenvalue weighted by Crippen LogP contribution is 2.22. The number of rotatable bonds is 7. The third-order valence-corrected chi connectivity index (χ3v) is 5.96. The fraction of sp³-hybridized carbons (Fsp3) is 0.375. The molecule has 2 aromatic carbocycles. The van der Waals surface area contributed by atoms with Gasteiger partial charge in [0.1, 0.15) is 0 Å². The number of hydrogen-bond acceptors (Lipinski definition) is 4. The van der Waals surface area contributed by atoms with Gasteiger partial charge in [0.15, 0.2) is 5.96 Å². The maximum absolute atomic E-state index is 12.5. The van der Waals surface area contributed by atoms with Crippen LogP contribution in [0, 0.1) is 0 Å². The molecule has 1 unspecified atom stereocenters. The minimum atomic E-state index is -0.229. The van der Waals surface area contributed by atoms with Crippen molar-refractivity contribution in [3.8, 4) is 0 Å². The number of nitrogens with one attached hydrogen (secondary N) is 2. The molecular weight excluding hydrogens is 390 g/mol. The number of nitrogens with zero attached hydrogens (tertiary/aromatic N) is 3. The first kappa shape index (κ1) is 21.1. The Balaban J connectivity index is 1.24. The van der Waals surface area contributed by atoms with Crippen LogP contribution in [0.15, 0.2) is 59.6 Å². The van der Waals surface area contributed by atoms with E-state index in [4.69, 9.17) is 0 Å². The zero-order valence-corrected chi connectivity index (χ0v) is 17.9. The lowest BCUT2D eigenvalue weighted by atomic mass is 10.1. The van der Waals surface area contributed by atoms with Crippen LogP contribution in [-0.2, 0) is 6.54 Å². The van der Waals surface area contributed by atoms with Crippen LogP contribution >= 0.6 is 0 Å². The highest BCUT2D eigenvalue weighted by molar-refractivity contribution is 6.21. The number of fused-ring (bicyclic) bond motifs is 1. The summed E-state index contributed by atoms with van der Waals surface area (Å²) in [5.41, 5.74) is 2.29. The molecule has 31 heavy (non-hydrogen) atoms. The first-order chi connectivity index (χ1) is 15.2. The number of guanidine groups is 1. The lowest BCUT2D eigenvalue weighted by Crippen LogP contribution is -2.46. The third kappa shape index (κ3) is 4.77. The molecule has 2 aliphatic heterocycles. The molecule has 0 spiro atoms. The van der Waals surface area contributed by atoms with E-state index >= 15 is 0 Å². The highest BCUT2D eigenvalue weighted by atomic mass is 16.2. The largest absolute Gasteiger partial charge is 0.355 e. The van der Waals surface area contributed by atoms with Gasteiger partial charge in [-0.05, 0) is 37.1 Å². The van der Waals surface area contributed by atoms with E-state index in [1.807, 2.05) is 6.07 Å². The molecule has 162 valence electrons. The zero-order chi connectivity index (χ0) is 21.6. The molecule has 7 nitrogen and oxygen atoms in total. The standard InChI is InChI=1S/C24H29N5O2/c1-25-24(26-13-15-29-22(30)20-11-5-6-12-21(20)23(29)31)27-16-19-10-7-14-28(19)17-18-8-3-2-4-9-18/h2-6,8-9,11-12,19H,7,10,13-17H2,1H3,(H2,25,26,27). The van der Waals surface area contributed by atoms with Crippen LogP contribution in [0.3, 0.4) is 0 Å². The average Bonchev–Trinajstić information content (AvgIpc) is 3.34. The summed E-state index contributed by atoms with van der Waals surface area (Å²) >= 11 is 0. The van der Waals surface area contributed by atoms with Gasteiger partial charge in [0.05, 0.1) is 11.1 Å². The predicted octanol–water partition coefficient (Wildman–Crippen LogP) is 2.11. The second-order valence-electron chi connectivity index (χ2n) is 7.94. The second-order valence-corrected chi connectivity index (χ2v) is 7.94. The Morgan fingerprint density at radius 3 is 2.35 bits per heavy atom. The van der Waals surface area contributed by atoms with Gasteiger partial charge in [0.25, 0.3) is 11.8 Å². The van der Waals surface area contributed by atoms with E-state index in [1.165, 1.54) is 16.9 Å². The van der Waals surface area contributed by atoms with Crippen LogP contribution in [0.1, 0.15) is 39.1 Å². The number of carbonyl (C=O) groups excluding carboxylic acids is 2. The van der Waals surface area contributed by atoms with Crippen molar-refractivity contribution in [2.75, 3.05) is 33.2 Å². The summed E-state index contributed by atoms with van der Waals surface area (Å²) in [6, 6.07) is 18.0. The number of carbonyl (C=O) groups is 2. The summed E-state index contributed by atoms with van der Waals surface area (Å²) in [7, 11) is 1.73. The van der Waals surface area contributed by atoms with Crippen LogP contribution in [0.4, 0.5) is 0 Å². The van der Waals surface area contributed by atoms with E-state index in [-0.39, 0.29) is 11.8 Å². The van der Waals surface area contributed by atoms with E-state index in [9.17, 15) is 9.59 Å². The Morgan fingerprint density at radius 2 is 1.68 bits per heavy atom.